The van der Waals surface area contributed by atoms with Crippen LogP contribution in [0.3, 0.4) is 0 Å². The Morgan fingerprint density at radius 1 is 1.36 bits per heavy atom. The molecule has 4 rings (SSSR count). The summed E-state index contributed by atoms with van der Waals surface area (Å²) in [5, 5.41) is 10.7. The molecule has 0 radical (unpaired) electrons. The summed E-state index contributed by atoms with van der Waals surface area (Å²) in [6.45, 7) is 0.732. The number of para-hydroxylation sites is 1. The molecule has 0 fully saturated rings. The lowest BCUT2D eigenvalue weighted by atomic mass is 10.0. The Hall–Kier alpha value is -2.34. The molecule has 0 aliphatic carbocycles. The van der Waals surface area contributed by atoms with Crippen LogP contribution in [0.5, 0.6) is 5.75 Å². The third-order valence-electron chi connectivity index (χ3n) is 3.76. The molecule has 1 atom stereocenters. The summed E-state index contributed by atoms with van der Waals surface area (Å²) in [5.74, 6) is 0.968. The lowest BCUT2D eigenvalue weighted by Gasteiger charge is -2.26. The molecule has 0 bridgehead atoms. The predicted molar refractivity (Wildman–Crippen MR) is 87.2 cm³/mol. The second-order valence-electron chi connectivity index (χ2n) is 5.31. The molecular formula is C16H16N4OS. The van der Waals surface area contributed by atoms with Crippen molar-refractivity contribution in [1.29, 1.82) is 0 Å². The first-order chi connectivity index (χ1) is 10.8. The molecule has 3 aromatic rings. The lowest BCUT2D eigenvalue weighted by molar-refractivity contribution is 0.274. The molecule has 0 saturated carbocycles. The summed E-state index contributed by atoms with van der Waals surface area (Å²) in [4.78, 5) is 4.67. The summed E-state index contributed by atoms with van der Waals surface area (Å²) in [5.41, 5.74) is 3.20. The van der Waals surface area contributed by atoms with E-state index in [9.17, 15) is 0 Å². The second kappa shape index (κ2) is 5.46. The Balaban J connectivity index is 1.56. The van der Waals surface area contributed by atoms with Crippen molar-refractivity contribution in [3.8, 4) is 17.0 Å². The Kier molecular flexibility index (Phi) is 3.31. The predicted octanol–water partition coefficient (Wildman–Crippen LogP) is 3.48. The normalized spacial score (nSPS) is 16.9. The van der Waals surface area contributed by atoms with Crippen molar-refractivity contribution in [2.75, 3.05) is 11.9 Å². The molecule has 6 heteroatoms. The van der Waals surface area contributed by atoms with Gasteiger partial charge in [0.2, 0.25) is 0 Å². The van der Waals surface area contributed by atoms with Crippen molar-refractivity contribution >= 4 is 16.5 Å². The highest BCUT2D eigenvalue weighted by Gasteiger charge is 2.21. The van der Waals surface area contributed by atoms with Crippen LogP contribution in [0.1, 0.15) is 18.0 Å². The highest BCUT2D eigenvalue weighted by atomic mass is 32.1. The van der Waals surface area contributed by atoms with E-state index in [1.165, 1.54) is 5.56 Å². The number of ether oxygens (including phenoxy) is 1. The third-order valence-corrected chi connectivity index (χ3v) is 4.53. The molecular weight excluding hydrogens is 296 g/mol. The Morgan fingerprint density at radius 2 is 2.27 bits per heavy atom. The molecule has 1 aliphatic heterocycles. The van der Waals surface area contributed by atoms with Crippen LogP contribution in [0.4, 0.5) is 5.13 Å². The van der Waals surface area contributed by atoms with Gasteiger partial charge < -0.3 is 10.1 Å². The van der Waals surface area contributed by atoms with E-state index in [1.54, 1.807) is 16.0 Å². The summed E-state index contributed by atoms with van der Waals surface area (Å²) < 4.78 is 7.49. The number of nitrogens with one attached hydrogen (secondary N) is 1. The number of fused-ring (bicyclic) bond motifs is 1. The van der Waals surface area contributed by atoms with E-state index in [-0.39, 0.29) is 6.04 Å². The van der Waals surface area contributed by atoms with Gasteiger partial charge in [0.15, 0.2) is 5.13 Å². The zero-order valence-corrected chi connectivity index (χ0v) is 13.0. The molecule has 1 aliphatic rings. The van der Waals surface area contributed by atoms with Crippen LogP contribution in [0, 0.1) is 0 Å². The van der Waals surface area contributed by atoms with Crippen molar-refractivity contribution in [1.82, 2.24) is 14.8 Å². The van der Waals surface area contributed by atoms with Gasteiger partial charge in [-0.25, -0.2) is 4.98 Å². The Bertz CT molecular complexity index is 795. The number of hydrogen-bond acceptors (Lipinski definition) is 5. The maximum absolute atomic E-state index is 5.70. The average Bonchev–Trinajstić information content (AvgIpc) is 3.17. The fraction of sp³-hybridized carbons (Fsp3) is 0.250. The fourth-order valence-electron chi connectivity index (χ4n) is 2.67. The largest absolute Gasteiger partial charge is 0.493 e. The minimum absolute atomic E-state index is 0.248. The van der Waals surface area contributed by atoms with Crippen LogP contribution in [-0.2, 0) is 7.05 Å². The lowest BCUT2D eigenvalue weighted by Crippen LogP contribution is -2.20. The zero-order chi connectivity index (χ0) is 14.9. The summed E-state index contributed by atoms with van der Waals surface area (Å²) in [6.07, 6.45) is 4.75. The minimum Gasteiger partial charge on any atom is -0.493 e. The van der Waals surface area contributed by atoms with Gasteiger partial charge in [-0.3, -0.25) is 4.68 Å². The van der Waals surface area contributed by atoms with Gasteiger partial charge in [-0.15, -0.1) is 11.3 Å². The zero-order valence-electron chi connectivity index (χ0n) is 12.2. The molecule has 5 nitrogen and oxygen atoms in total. The summed E-state index contributed by atoms with van der Waals surface area (Å²) in [6, 6.07) is 8.43. The smallest absolute Gasteiger partial charge is 0.183 e. The van der Waals surface area contributed by atoms with Crippen LogP contribution in [0.15, 0.2) is 42.0 Å². The molecule has 22 heavy (non-hydrogen) atoms. The third kappa shape index (κ3) is 2.46. The summed E-state index contributed by atoms with van der Waals surface area (Å²) >= 11 is 1.62. The Labute approximate surface area is 132 Å². The van der Waals surface area contributed by atoms with Gasteiger partial charge in [-0.1, -0.05) is 18.2 Å². The van der Waals surface area contributed by atoms with E-state index in [0.29, 0.717) is 0 Å². The standard InChI is InChI=1S/C16H16N4OS/c1-20-9-11(8-17-20)14-10-22-16(19-14)18-13-6-7-21-15-5-3-2-4-12(13)15/h2-5,8-10,13H,6-7H2,1H3,(H,18,19)/t13-/m0/s1. The van der Waals surface area contributed by atoms with Crippen LogP contribution >= 0.6 is 11.3 Å². The maximum Gasteiger partial charge on any atom is 0.183 e. The number of nitrogens with zero attached hydrogens (tertiary/aromatic N) is 3. The monoisotopic (exact) mass is 312 g/mol. The first-order valence-electron chi connectivity index (χ1n) is 7.22. The van der Waals surface area contributed by atoms with Crippen molar-refractivity contribution in [2.45, 2.75) is 12.5 Å². The molecule has 1 aromatic carbocycles. The molecule has 0 saturated heterocycles. The Morgan fingerprint density at radius 3 is 3.14 bits per heavy atom. The number of hydrogen-bond donors (Lipinski definition) is 1. The molecule has 3 heterocycles. The highest BCUT2D eigenvalue weighted by molar-refractivity contribution is 7.14. The minimum atomic E-state index is 0.248. The number of anilines is 1. The number of aryl methyl sites for hydroxylation is 1. The molecule has 0 amide bonds. The van der Waals surface area contributed by atoms with Crippen molar-refractivity contribution < 1.29 is 4.74 Å². The number of thiazole rings is 1. The van der Waals surface area contributed by atoms with Crippen LogP contribution < -0.4 is 10.1 Å². The van der Waals surface area contributed by atoms with E-state index in [2.05, 4.69) is 26.8 Å². The van der Waals surface area contributed by atoms with Gasteiger partial charge in [0.05, 0.1) is 24.5 Å². The second-order valence-corrected chi connectivity index (χ2v) is 6.17. The van der Waals surface area contributed by atoms with E-state index in [0.717, 1.165) is 35.2 Å². The van der Waals surface area contributed by atoms with Gasteiger partial charge in [-0.05, 0) is 6.07 Å². The SMILES string of the molecule is Cn1cc(-c2csc(N[C@H]3CCOc4ccccc43)n2)cn1. The van der Waals surface area contributed by atoms with Gasteiger partial charge in [-0.2, -0.15) is 5.10 Å². The highest BCUT2D eigenvalue weighted by Crippen LogP contribution is 2.35. The molecule has 0 spiro atoms. The van der Waals surface area contributed by atoms with Crippen LogP contribution in [0.2, 0.25) is 0 Å². The van der Waals surface area contributed by atoms with E-state index in [1.807, 2.05) is 37.6 Å². The maximum atomic E-state index is 5.70. The number of benzene rings is 1. The molecule has 2 aromatic heterocycles. The number of aromatic nitrogens is 3. The summed E-state index contributed by atoms with van der Waals surface area (Å²) in [7, 11) is 1.91. The van der Waals surface area contributed by atoms with Gasteiger partial charge in [0.1, 0.15) is 5.75 Å². The average molecular weight is 312 g/mol. The fourth-order valence-corrected chi connectivity index (χ4v) is 3.44. The number of rotatable bonds is 3. The first-order valence-corrected chi connectivity index (χ1v) is 8.10. The quantitative estimate of drug-likeness (QED) is 0.804. The van der Waals surface area contributed by atoms with Gasteiger partial charge in [0.25, 0.3) is 0 Å². The molecule has 0 unspecified atom stereocenters. The van der Waals surface area contributed by atoms with E-state index in [4.69, 9.17) is 4.74 Å². The van der Waals surface area contributed by atoms with E-state index < -0.39 is 0 Å². The van der Waals surface area contributed by atoms with Crippen molar-refractivity contribution in [3.63, 3.8) is 0 Å². The van der Waals surface area contributed by atoms with Gasteiger partial charge in [0, 0.05) is 36.2 Å². The van der Waals surface area contributed by atoms with Crippen molar-refractivity contribution in [3.05, 3.63) is 47.6 Å². The first kappa shape index (κ1) is 13.3. The van der Waals surface area contributed by atoms with Gasteiger partial charge >= 0.3 is 0 Å². The van der Waals surface area contributed by atoms with Crippen LogP contribution in [-0.4, -0.2) is 21.4 Å². The topological polar surface area (TPSA) is 52.0 Å². The molecule has 1 N–H and O–H groups in total. The van der Waals surface area contributed by atoms with Crippen LogP contribution in [0.25, 0.3) is 11.3 Å². The molecule has 112 valence electrons. The van der Waals surface area contributed by atoms with Crippen molar-refractivity contribution in [2.24, 2.45) is 7.05 Å². The van der Waals surface area contributed by atoms with E-state index >= 15 is 0 Å².